The van der Waals surface area contributed by atoms with Gasteiger partial charge in [-0.05, 0) is 30.1 Å². The fourth-order valence-corrected chi connectivity index (χ4v) is 9.75. The average molecular weight is 413 g/mol. The van der Waals surface area contributed by atoms with Crippen molar-refractivity contribution in [1.29, 1.82) is 0 Å². The molecule has 1 fully saturated rings. The SMILES string of the molecule is C[Si](C)(C)[C@@]1(C/C=C/P(=O)(c2ccccc2)c2ccccc2)CCCC[C@H]1O. The summed E-state index contributed by atoms with van der Waals surface area (Å²) in [5.74, 6) is 1.95. The number of aliphatic hydroxyl groups is 1. The summed E-state index contributed by atoms with van der Waals surface area (Å²) in [5.41, 5.74) is 0. The molecule has 0 saturated heterocycles. The second-order valence-corrected chi connectivity index (χ2v) is 17.2. The first kappa shape index (κ1) is 21.3. The Morgan fingerprint density at radius 1 is 1.00 bits per heavy atom. The third-order valence-electron chi connectivity index (χ3n) is 6.56. The van der Waals surface area contributed by atoms with Crippen LogP contribution in [-0.2, 0) is 4.57 Å². The molecule has 0 aliphatic heterocycles. The van der Waals surface area contributed by atoms with Crippen molar-refractivity contribution in [3.05, 3.63) is 72.6 Å². The first-order chi connectivity index (χ1) is 13.3. The molecule has 2 aromatic rings. The van der Waals surface area contributed by atoms with Crippen molar-refractivity contribution in [1.82, 2.24) is 0 Å². The van der Waals surface area contributed by atoms with Gasteiger partial charge in [0.25, 0.3) is 0 Å². The van der Waals surface area contributed by atoms with Crippen LogP contribution in [0.2, 0.25) is 24.7 Å². The normalized spacial score (nSPS) is 23.8. The van der Waals surface area contributed by atoms with Crippen molar-refractivity contribution in [2.45, 2.75) is 62.9 Å². The second-order valence-electron chi connectivity index (χ2n) is 9.09. The van der Waals surface area contributed by atoms with Gasteiger partial charge in [-0.25, -0.2) is 0 Å². The predicted molar refractivity (Wildman–Crippen MR) is 124 cm³/mol. The van der Waals surface area contributed by atoms with Gasteiger partial charge in [0.05, 0.1) is 14.2 Å². The van der Waals surface area contributed by atoms with Crippen molar-refractivity contribution < 1.29 is 9.67 Å². The van der Waals surface area contributed by atoms with Crippen LogP contribution in [0.25, 0.3) is 0 Å². The zero-order valence-corrected chi connectivity index (χ0v) is 19.2. The summed E-state index contributed by atoms with van der Waals surface area (Å²) >= 11 is 0. The number of benzene rings is 2. The molecule has 3 rings (SSSR count). The Bertz CT molecular complexity index is 798. The first-order valence-electron chi connectivity index (χ1n) is 10.4. The third-order valence-corrected chi connectivity index (χ3v) is 13.1. The van der Waals surface area contributed by atoms with E-state index in [4.69, 9.17) is 0 Å². The van der Waals surface area contributed by atoms with E-state index < -0.39 is 15.2 Å². The van der Waals surface area contributed by atoms with Crippen LogP contribution in [0.5, 0.6) is 0 Å². The highest BCUT2D eigenvalue weighted by atomic mass is 31.2. The number of aliphatic hydroxyl groups excluding tert-OH is 1. The monoisotopic (exact) mass is 412 g/mol. The molecule has 1 N–H and O–H groups in total. The molecule has 0 unspecified atom stereocenters. The molecule has 28 heavy (non-hydrogen) atoms. The summed E-state index contributed by atoms with van der Waals surface area (Å²) in [6.07, 6.45) is 6.96. The molecule has 4 heteroatoms. The number of hydrogen-bond acceptors (Lipinski definition) is 2. The molecule has 2 nitrogen and oxygen atoms in total. The predicted octanol–water partition coefficient (Wildman–Crippen LogP) is 5.92. The quantitative estimate of drug-likeness (QED) is 0.472. The largest absolute Gasteiger partial charge is 0.393 e. The van der Waals surface area contributed by atoms with Crippen LogP contribution in [-0.4, -0.2) is 19.3 Å². The zero-order valence-electron chi connectivity index (χ0n) is 17.3. The van der Waals surface area contributed by atoms with Crippen molar-refractivity contribution in [2.24, 2.45) is 0 Å². The zero-order chi connectivity index (χ0) is 20.3. The topological polar surface area (TPSA) is 37.3 Å². The lowest BCUT2D eigenvalue weighted by molar-refractivity contribution is 0.0768. The van der Waals surface area contributed by atoms with Gasteiger partial charge in [-0.1, -0.05) is 99.2 Å². The van der Waals surface area contributed by atoms with Gasteiger partial charge in [-0.2, -0.15) is 0 Å². The van der Waals surface area contributed by atoms with E-state index in [1.54, 1.807) is 0 Å². The van der Waals surface area contributed by atoms with Crippen LogP contribution >= 0.6 is 7.14 Å². The van der Waals surface area contributed by atoms with E-state index in [0.29, 0.717) is 0 Å². The highest BCUT2D eigenvalue weighted by Crippen LogP contribution is 2.54. The maximum absolute atomic E-state index is 14.2. The van der Waals surface area contributed by atoms with Gasteiger partial charge in [0.15, 0.2) is 7.14 Å². The second kappa shape index (κ2) is 8.53. The number of rotatable bonds is 6. The van der Waals surface area contributed by atoms with Crippen molar-refractivity contribution in [3.8, 4) is 0 Å². The molecule has 1 aliphatic rings. The van der Waals surface area contributed by atoms with E-state index in [9.17, 15) is 9.67 Å². The van der Waals surface area contributed by atoms with E-state index in [1.165, 1.54) is 6.42 Å². The molecule has 0 spiro atoms. The molecule has 1 aliphatic carbocycles. The summed E-state index contributed by atoms with van der Waals surface area (Å²) in [6.45, 7) is 7.09. The Hall–Kier alpha value is -1.41. The molecule has 0 heterocycles. The van der Waals surface area contributed by atoms with E-state index in [2.05, 4.69) is 25.7 Å². The summed E-state index contributed by atoms with van der Waals surface area (Å²) in [4.78, 5) is 0. The fraction of sp³-hybridized carbons (Fsp3) is 0.417. The molecule has 2 aromatic carbocycles. The van der Waals surface area contributed by atoms with Crippen LogP contribution in [0.15, 0.2) is 72.6 Å². The molecular weight excluding hydrogens is 379 g/mol. The van der Waals surface area contributed by atoms with Gasteiger partial charge >= 0.3 is 0 Å². The van der Waals surface area contributed by atoms with Crippen molar-refractivity contribution >= 4 is 25.8 Å². The van der Waals surface area contributed by atoms with Gasteiger partial charge in [0.2, 0.25) is 0 Å². The van der Waals surface area contributed by atoms with Crippen LogP contribution in [0.4, 0.5) is 0 Å². The molecule has 1 saturated carbocycles. The average Bonchev–Trinajstić information content (AvgIpc) is 2.70. The summed E-state index contributed by atoms with van der Waals surface area (Å²) in [5, 5.41) is 12.7. The highest BCUT2D eigenvalue weighted by molar-refractivity contribution is 7.81. The van der Waals surface area contributed by atoms with Gasteiger partial charge in [-0.3, -0.25) is 0 Å². The van der Waals surface area contributed by atoms with E-state index in [0.717, 1.165) is 36.3 Å². The summed E-state index contributed by atoms with van der Waals surface area (Å²) in [7, 11) is -4.46. The Morgan fingerprint density at radius 3 is 2.00 bits per heavy atom. The summed E-state index contributed by atoms with van der Waals surface area (Å²) in [6, 6.07) is 19.6. The van der Waals surface area contributed by atoms with Gasteiger partial charge in [0, 0.05) is 10.6 Å². The minimum absolute atomic E-state index is 0.0278. The smallest absolute Gasteiger partial charge is 0.163 e. The third kappa shape index (κ3) is 4.12. The lowest BCUT2D eigenvalue weighted by Gasteiger charge is -2.49. The molecule has 0 aromatic heterocycles. The molecule has 150 valence electrons. The fourth-order valence-electron chi connectivity index (χ4n) is 4.67. The van der Waals surface area contributed by atoms with Crippen molar-refractivity contribution in [2.75, 3.05) is 0 Å². The standard InChI is InChI=1S/C24H33O2PSi/c1-28(2,3)24(18-11-10-17-23(24)25)19-12-20-27(26,21-13-6-4-7-14-21)22-15-8-5-9-16-22/h4-9,12-16,20,23,25H,10-11,17-19H2,1-3H3/b20-12+/t23-,24-/m1/s1. The molecule has 0 amide bonds. The van der Waals surface area contributed by atoms with Crippen LogP contribution in [0, 0.1) is 0 Å². The molecular formula is C24H33O2PSi. The Labute approximate surface area is 171 Å². The Balaban J connectivity index is 1.97. The van der Waals surface area contributed by atoms with E-state index >= 15 is 0 Å². The molecule has 0 bridgehead atoms. The maximum atomic E-state index is 14.2. The minimum atomic E-state index is -2.84. The van der Waals surface area contributed by atoms with Crippen molar-refractivity contribution in [3.63, 3.8) is 0 Å². The molecule has 2 atom stereocenters. The minimum Gasteiger partial charge on any atom is -0.393 e. The van der Waals surface area contributed by atoms with Crippen LogP contribution < -0.4 is 10.6 Å². The Morgan fingerprint density at radius 2 is 1.54 bits per heavy atom. The maximum Gasteiger partial charge on any atom is 0.163 e. The number of hydrogen-bond donors (Lipinski definition) is 1. The van der Waals surface area contributed by atoms with Gasteiger partial charge in [0.1, 0.15) is 0 Å². The summed E-state index contributed by atoms with van der Waals surface area (Å²) < 4.78 is 14.2. The molecule has 0 radical (unpaired) electrons. The lowest BCUT2D eigenvalue weighted by Crippen LogP contribution is -2.49. The van der Waals surface area contributed by atoms with Crippen LogP contribution in [0.1, 0.15) is 32.1 Å². The van der Waals surface area contributed by atoms with E-state index in [1.807, 2.05) is 66.5 Å². The lowest BCUT2D eigenvalue weighted by atomic mass is 9.83. The number of allylic oxidation sites excluding steroid dienone is 1. The highest BCUT2D eigenvalue weighted by Gasteiger charge is 2.48. The van der Waals surface area contributed by atoms with Gasteiger partial charge in [-0.15, -0.1) is 0 Å². The first-order valence-corrected chi connectivity index (χ1v) is 15.6. The Kier molecular flexibility index (Phi) is 6.49. The van der Waals surface area contributed by atoms with Gasteiger partial charge < -0.3 is 9.67 Å². The van der Waals surface area contributed by atoms with Crippen LogP contribution in [0.3, 0.4) is 0 Å². The van der Waals surface area contributed by atoms with E-state index in [-0.39, 0.29) is 11.1 Å².